The van der Waals surface area contributed by atoms with Crippen molar-refractivity contribution in [3.05, 3.63) is 73.3 Å². The van der Waals surface area contributed by atoms with Crippen molar-refractivity contribution >= 4 is 40.1 Å². The number of benzene rings is 2. The summed E-state index contributed by atoms with van der Waals surface area (Å²) >= 11 is 2.15. The number of nitro benzene ring substituents is 1. The molecule has 2 amide bonds. The second-order valence-electron chi connectivity index (χ2n) is 5.42. The standard InChI is InChI=1S/C17H16IN3O4/c18-14-7-2-1-5-12(14)10-15(17(19)23)20-16(22)9-11-4-3-6-13(8-11)21(24)25/h1-8,15H,9-10H2,(H2,19,23)(H,20,22)/t15-/m0/s1. The fraction of sp³-hybridized carbons (Fsp3) is 0.176. The Kier molecular flexibility index (Phi) is 6.45. The van der Waals surface area contributed by atoms with Gasteiger partial charge >= 0.3 is 0 Å². The van der Waals surface area contributed by atoms with Crippen LogP contribution in [-0.2, 0) is 22.4 Å². The lowest BCUT2D eigenvalue weighted by Crippen LogP contribution is -2.46. The summed E-state index contributed by atoms with van der Waals surface area (Å²) in [5.41, 5.74) is 6.70. The van der Waals surface area contributed by atoms with Crippen LogP contribution in [0.3, 0.4) is 0 Å². The molecule has 0 fully saturated rings. The number of primary amides is 1. The van der Waals surface area contributed by atoms with Crippen molar-refractivity contribution in [1.82, 2.24) is 5.32 Å². The number of carbonyl (C=O) groups is 2. The molecule has 0 saturated heterocycles. The summed E-state index contributed by atoms with van der Waals surface area (Å²) in [4.78, 5) is 34.1. The number of nitrogens with zero attached hydrogens (tertiary/aromatic N) is 1. The second-order valence-corrected chi connectivity index (χ2v) is 6.58. The lowest BCUT2D eigenvalue weighted by Gasteiger charge is -2.16. The van der Waals surface area contributed by atoms with Crippen molar-refractivity contribution in [3.63, 3.8) is 0 Å². The van der Waals surface area contributed by atoms with E-state index in [1.807, 2.05) is 24.3 Å². The molecule has 7 nitrogen and oxygen atoms in total. The van der Waals surface area contributed by atoms with Crippen LogP contribution in [0.5, 0.6) is 0 Å². The summed E-state index contributed by atoms with van der Waals surface area (Å²) in [5, 5.41) is 13.4. The zero-order valence-corrected chi connectivity index (χ0v) is 15.3. The molecule has 0 heterocycles. The number of rotatable bonds is 7. The predicted octanol–water partition coefficient (Wildman–Crippen LogP) is 1.95. The summed E-state index contributed by atoms with van der Waals surface area (Å²) in [6, 6.07) is 12.5. The lowest BCUT2D eigenvalue weighted by atomic mass is 10.0. The molecule has 0 aromatic heterocycles. The summed E-state index contributed by atoms with van der Waals surface area (Å²) in [5.74, 6) is -1.05. The van der Waals surface area contributed by atoms with Gasteiger partial charge in [0.25, 0.3) is 5.69 Å². The summed E-state index contributed by atoms with van der Waals surface area (Å²) in [6.07, 6.45) is 0.215. The highest BCUT2D eigenvalue weighted by molar-refractivity contribution is 14.1. The molecule has 0 aliphatic carbocycles. The van der Waals surface area contributed by atoms with E-state index in [0.29, 0.717) is 5.56 Å². The number of nitro groups is 1. The van der Waals surface area contributed by atoms with Crippen molar-refractivity contribution in [3.8, 4) is 0 Å². The number of nitrogens with two attached hydrogens (primary N) is 1. The first-order chi connectivity index (χ1) is 11.9. The molecular weight excluding hydrogens is 437 g/mol. The quantitative estimate of drug-likeness (QED) is 0.379. The van der Waals surface area contributed by atoms with Gasteiger partial charge in [0.15, 0.2) is 0 Å². The van der Waals surface area contributed by atoms with E-state index in [9.17, 15) is 19.7 Å². The van der Waals surface area contributed by atoms with Gasteiger partial charge < -0.3 is 11.1 Å². The fourth-order valence-corrected chi connectivity index (χ4v) is 2.92. The van der Waals surface area contributed by atoms with Crippen molar-refractivity contribution in [2.24, 2.45) is 5.73 Å². The van der Waals surface area contributed by atoms with E-state index >= 15 is 0 Å². The zero-order valence-electron chi connectivity index (χ0n) is 13.1. The van der Waals surface area contributed by atoms with Crippen LogP contribution in [0.15, 0.2) is 48.5 Å². The van der Waals surface area contributed by atoms with E-state index in [1.54, 1.807) is 6.07 Å². The molecule has 8 heteroatoms. The van der Waals surface area contributed by atoms with Gasteiger partial charge in [0.05, 0.1) is 11.3 Å². The Labute approximate surface area is 157 Å². The van der Waals surface area contributed by atoms with Gasteiger partial charge in [0.1, 0.15) is 6.04 Å². The van der Waals surface area contributed by atoms with Crippen molar-refractivity contribution < 1.29 is 14.5 Å². The number of non-ortho nitro benzene ring substituents is 1. The highest BCUT2D eigenvalue weighted by Gasteiger charge is 2.20. The SMILES string of the molecule is NC(=O)[C@H](Cc1ccccc1I)NC(=O)Cc1cccc([N+](=O)[O-])c1. The molecule has 0 spiro atoms. The zero-order chi connectivity index (χ0) is 18.4. The van der Waals surface area contributed by atoms with Gasteiger partial charge in [-0.2, -0.15) is 0 Å². The minimum Gasteiger partial charge on any atom is -0.368 e. The van der Waals surface area contributed by atoms with E-state index in [0.717, 1.165) is 9.13 Å². The average Bonchev–Trinajstić information content (AvgIpc) is 2.56. The molecule has 0 aliphatic heterocycles. The van der Waals surface area contributed by atoms with E-state index < -0.39 is 22.8 Å². The third kappa shape index (κ3) is 5.52. The van der Waals surface area contributed by atoms with Crippen molar-refractivity contribution in [2.45, 2.75) is 18.9 Å². The molecule has 0 radical (unpaired) electrons. The lowest BCUT2D eigenvalue weighted by molar-refractivity contribution is -0.384. The molecule has 0 saturated carbocycles. The van der Waals surface area contributed by atoms with E-state index in [-0.39, 0.29) is 18.5 Å². The normalized spacial score (nSPS) is 11.6. The predicted molar refractivity (Wildman–Crippen MR) is 101 cm³/mol. The van der Waals surface area contributed by atoms with Crippen LogP contribution in [-0.4, -0.2) is 22.8 Å². The maximum Gasteiger partial charge on any atom is 0.269 e. The Morgan fingerprint density at radius 1 is 1.20 bits per heavy atom. The number of amides is 2. The van der Waals surface area contributed by atoms with Gasteiger partial charge in [-0.15, -0.1) is 0 Å². The molecule has 2 aromatic carbocycles. The largest absolute Gasteiger partial charge is 0.368 e. The first-order valence-corrected chi connectivity index (χ1v) is 8.50. The van der Waals surface area contributed by atoms with Gasteiger partial charge in [-0.3, -0.25) is 19.7 Å². The topological polar surface area (TPSA) is 115 Å². The van der Waals surface area contributed by atoms with Crippen LogP contribution in [0.4, 0.5) is 5.69 Å². The van der Waals surface area contributed by atoms with Crippen LogP contribution < -0.4 is 11.1 Å². The number of nitrogens with one attached hydrogen (secondary N) is 1. The maximum absolute atomic E-state index is 12.2. The summed E-state index contributed by atoms with van der Waals surface area (Å²) < 4.78 is 0.972. The smallest absolute Gasteiger partial charge is 0.269 e. The van der Waals surface area contributed by atoms with Crippen LogP contribution >= 0.6 is 22.6 Å². The third-order valence-electron chi connectivity index (χ3n) is 3.55. The maximum atomic E-state index is 12.2. The monoisotopic (exact) mass is 453 g/mol. The Hall–Kier alpha value is -2.49. The highest BCUT2D eigenvalue weighted by Crippen LogP contribution is 2.15. The molecule has 2 rings (SSSR count). The van der Waals surface area contributed by atoms with E-state index in [4.69, 9.17) is 5.73 Å². The molecule has 0 unspecified atom stereocenters. The Morgan fingerprint density at radius 3 is 2.56 bits per heavy atom. The van der Waals surface area contributed by atoms with Crippen molar-refractivity contribution in [2.75, 3.05) is 0 Å². The second kappa shape index (κ2) is 8.56. The van der Waals surface area contributed by atoms with Gasteiger partial charge in [0.2, 0.25) is 11.8 Å². The number of hydrogen-bond donors (Lipinski definition) is 2. The summed E-state index contributed by atoms with van der Waals surface area (Å²) in [6.45, 7) is 0. The molecule has 130 valence electrons. The molecule has 2 aromatic rings. The average molecular weight is 453 g/mol. The molecular formula is C17H16IN3O4. The fourth-order valence-electron chi connectivity index (χ4n) is 2.32. The number of halogens is 1. The van der Waals surface area contributed by atoms with Gasteiger partial charge in [-0.05, 0) is 39.8 Å². The first kappa shape index (κ1) is 18.8. The van der Waals surface area contributed by atoms with Crippen LogP contribution in [0.25, 0.3) is 0 Å². The van der Waals surface area contributed by atoms with Crippen LogP contribution in [0.2, 0.25) is 0 Å². The van der Waals surface area contributed by atoms with E-state index in [2.05, 4.69) is 27.9 Å². The van der Waals surface area contributed by atoms with Gasteiger partial charge in [0, 0.05) is 22.1 Å². The van der Waals surface area contributed by atoms with Crippen LogP contribution in [0, 0.1) is 13.7 Å². The molecule has 3 N–H and O–H groups in total. The third-order valence-corrected chi connectivity index (χ3v) is 4.60. The molecule has 25 heavy (non-hydrogen) atoms. The van der Waals surface area contributed by atoms with Crippen molar-refractivity contribution in [1.29, 1.82) is 0 Å². The van der Waals surface area contributed by atoms with Gasteiger partial charge in [-0.25, -0.2) is 0 Å². The molecule has 0 aliphatic rings. The first-order valence-electron chi connectivity index (χ1n) is 7.42. The van der Waals surface area contributed by atoms with E-state index in [1.165, 1.54) is 18.2 Å². The highest BCUT2D eigenvalue weighted by atomic mass is 127. The van der Waals surface area contributed by atoms with Gasteiger partial charge in [-0.1, -0.05) is 30.3 Å². The molecule has 1 atom stereocenters. The number of carbonyl (C=O) groups excluding carboxylic acids is 2. The Balaban J connectivity index is 2.05. The molecule has 0 bridgehead atoms. The minimum absolute atomic E-state index is 0.0721. The Bertz CT molecular complexity index is 810. The minimum atomic E-state index is -0.845. The summed E-state index contributed by atoms with van der Waals surface area (Å²) in [7, 11) is 0. The Morgan fingerprint density at radius 2 is 1.92 bits per heavy atom. The number of hydrogen-bond acceptors (Lipinski definition) is 4. The van der Waals surface area contributed by atoms with Crippen LogP contribution in [0.1, 0.15) is 11.1 Å².